The molecule has 1 saturated heterocycles. The molecule has 3 heterocycles. The normalized spacial score (nSPS) is 18.1. The predicted octanol–water partition coefficient (Wildman–Crippen LogP) is 5.37. The summed E-state index contributed by atoms with van der Waals surface area (Å²) in [6, 6.07) is 3.27. The minimum atomic E-state index is -4.82. The summed E-state index contributed by atoms with van der Waals surface area (Å²) in [4.78, 5) is 27.6. The molecule has 2 aromatic heterocycles. The maximum absolute atomic E-state index is 13.2. The molecule has 0 radical (unpaired) electrons. The van der Waals surface area contributed by atoms with E-state index in [1.807, 2.05) is 0 Å². The van der Waals surface area contributed by atoms with E-state index in [2.05, 4.69) is 20.3 Å². The van der Waals surface area contributed by atoms with Crippen LogP contribution in [0.25, 0.3) is 10.9 Å². The number of rotatable bonds is 7. The van der Waals surface area contributed by atoms with Gasteiger partial charge >= 0.3 is 24.7 Å². The fourth-order valence-corrected chi connectivity index (χ4v) is 4.55. The second kappa shape index (κ2) is 11.9. The standard InChI is InChI=1S/C26H29F6N5O6/c1-24(2,3)43-23(39)37-13-16(7-8-17(37)21-34-35-22(42-21)40-9-10-41-26(30,31)32)33-20(38)19-11-14-5-6-15(25(27,28)29)12-18(14)36(19)4/h5-6,11-12,16-17H,7-10,13H2,1-4H3,(H,33,38). The molecule has 1 aromatic carbocycles. The molecule has 0 aliphatic carbocycles. The molecule has 1 aliphatic rings. The highest BCUT2D eigenvalue weighted by Crippen LogP contribution is 2.34. The zero-order chi connectivity index (χ0) is 31.7. The van der Waals surface area contributed by atoms with Crippen molar-refractivity contribution in [3.63, 3.8) is 0 Å². The van der Waals surface area contributed by atoms with E-state index in [-0.39, 0.29) is 30.1 Å². The summed E-state index contributed by atoms with van der Waals surface area (Å²) in [5, 5.41) is 10.8. The number of aromatic nitrogens is 3. The fraction of sp³-hybridized carbons (Fsp3) is 0.538. The zero-order valence-corrected chi connectivity index (χ0v) is 23.5. The van der Waals surface area contributed by atoms with Crippen LogP contribution in [0.4, 0.5) is 31.1 Å². The Hall–Kier alpha value is -4.02. The highest BCUT2D eigenvalue weighted by atomic mass is 19.4. The molecule has 2 amide bonds. The highest BCUT2D eigenvalue weighted by molar-refractivity contribution is 5.99. The lowest BCUT2D eigenvalue weighted by Crippen LogP contribution is -2.52. The van der Waals surface area contributed by atoms with Gasteiger partial charge in [-0.2, -0.15) is 13.2 Å². The van der Waals surface area contributed by atoms with Crippen LogP contribution in [0.1, 0.15) is 61.6 Å². The Morgan fingerprint density at radius 3 is 2.42 bits per heavy atom. The molecule has 0 saturated carbocycles. The minimum Gasteiger partial charge on any atom is -0.447 e. The van der Waals surface area contributed by atoms with Gasteiger partial charge in [0.05, 0.1) is 12.2 Å². The number of carbonyl (C=O) groups is 2. The molecule has 4 rings (SSSR count). The number of hydrogen-bond donors (Lipinski definition) is 1. The van der Waals surface area contributed by atoms with Crippen LogP contribution in [0.2, 0.25) is 0 Å². The number of amides is 2. The summed E-state index contributed by atoms with van der Waals surface area (Å²) in [6.45, 7) is 3.60. The lowest BCUT2D eigenvalue weighted by molar-refractivity contribution is -0.325. The minimum absolute atomic E-state index is 0.0501. The fourth-order valence-electron chi connectivity index (χ4n) is 4.55. The number of fused-ring (bicyclic) bond motifs is 1. The molecule has 43 heavy (non-hydrogen) atoms. The molecule has 236 valence electrons. The third-order valence-corrected chi connectivity index (χ3v) is 6.43. The van der Waals surface area contributed by atoms with E-state index >= 15 is 0 Å². The van der Waals surface area contributed by atoms with E-state index in [9.17, 15) is 35.9 Å². The van der Waals surface area contributed by atoms with Crippen LogP contribution in [-0.2, 0) is 22.7 Å². The molecule has 1 fully saturated rings. The Balaban J connectivity index is 1.48. The predicted molar refractivity (Wildman–Crippen MR) is 136 cm³/mol. The molecular formula is C26H29F6N5O6. The van der Waals surface area contributed by atoms with Crippen molar-refractivity contribution < 1.29 is 54.6 Å². The number of halogens is 6. The Labute approximate surface area is 241 Å². The lowest BCUT2D eigenvalue weighted by Gasteiger charge is -2.38. The first-order valence-corrected chi connectivity index (χ1v) is 13.1. The SMILES string of the molecule is Cn1c(C(=O)NC2CCC(c3nnc(OCCOC(F)(F)F)o3)N(C(=O)OC(C)(C)C)C2)cc2ccc(C(F)(F)F)cc21. The lowest BCUT2D eigenvalue weighted by atomic mass is 9.98. The Kier molecular flexibility index (Phi) is 8.85. The van der Waals surface area contributed by atoms with Crippen LogP contribution in [0.3, 0.4) is 0 Å². The summed E-state index contributed by atoms with van der Waals surface area (Å²) in [5.74, 6) is -0.620. The maximum atomic E-state index is 13.2. The average Bonchev–Trinajstić information content (AvgIpc) is 3.49. The highest BCUT2D eigenvalue weighted by Gasteiger charge is 2.39. The molecule has 0 spiro atoms. The molecule has 2 atom stereocenters. The van der Waals surface area contributed by atoms with Crippen molar-refractivity contribution in [2.45, 2.75) is 63.8 Å². The second-order valence-electron chi connectivity index (χ2n) is 10.8. The van der Waals surface area contributed by atoms with Crippen LogP contribution in [0, 0.1) is 0 Å². The molecule has 2 unspecified atom stereocenters. The van der Waals surface area contributed by atoms with Crippen LogP contribution >= 0.6 is 0 Å². The van der Waals surface area contributed by atoms with Gasteiger partial charge in [0.2, 0.25) is 5.89 Å². The number of ether oxygens (including phenoxy) is 3. The van der Waals surface area contributed by atoms with Crippen molar-refractivity contribution in [3.8, 4) is 6.08 Å². The van der Waals surface area contributed by atoms with Crippen LogP contribution in [0.5, 0.6) is 6.08 Å². The van der Waals surface area contributed by atoms with Crippen LogP contribution < -0.4 is 10.1 Å². The van der Waals surface area contributed by atoms with Gasteiger partial charge in [0.1, 0.15) is 23.9 Å². The van der Waals surface area contributed by atoms with Crippen molar-refractivity contribution in [3.05, 3.63) is 41.4 Å². The summed E-state index contributed by atoms with van der Waals surface area (Å²) < 4.78 is 97.0. The number of likely N-dealkylation sites (tertiary alicyclic amines) is 1. The van der Waals surface area contributed by atoms with Gasteiger partial charge in [-0.05, 0) is 51.8 Å². The first kappa shape index (κ1) is 31.9. The number of aryl methyl sites for hydroxylation is 1. The van der Waals surface area contributed by atoms with Crippen molar-refractivity contribution in [1.82, 2.24) is 25.0 Å². The number of carbonyl (C=O) groups excluding carboxylic acids is 2. The summed E-state index contributed by atoms with van der Waals surface area (Å²) >= 11 is 0. The van der Waals surface area contributed by atoms with E-state index in [4.69, 9.17) is 13.9 Å². The Bertz CT molecular complexity index is 1460. The average molecular weight is 622 g/mol. The summed E-state index contributed by atoms with van der Waals surface area (Å²) in [6.07, 6.45) is -10.00. The zero-order valence-electron chi connectivity index (χ0n) is 23.5. The third-order valence-electron chi connectivity index (χ3n) is 6.43. The molecule has 11 nitrogen and oxygen atoms in total. The van der Waals surface area contributed by atoms with Gasteiger partial charge < -0.3 is 23.8 Å². The summed E-state index contributed by atoms with van der Waals surface area (Å²) in [5.41, 5.74) is -1.38. The van der Waals surface area contributed by atoms with Gasteiger partial charge in [-0.3, -0.25) is 14.4 Å². The number of nitrogens with one attached hydrogen (secondary N) is 1. The molecule has 0 bridgehead atoms. The van der Waals surface area contributed by atoms with Crippen molar-refractivity contribution >= 4 is 22.9 Å². The quantitative estimate of drug-likeness (QED) is 0.276. The number of nitrogens with zero attached hydrogens (tertiary/aromatic N) is 4. The van der Waals surface area contributed by atoms with Gasteiger partial charge in [0.15, 0.2) is 0 Å². The third kappa shape index (κ3) is 8.09. The van der Waals surface area contributed by atoms with Crippen molar-refractivity contribution in [2.24, 2.45) is 7.05 Å². The van der Waals surface area contributed by atoms with Gasteiger partial charge in [-0.1, -0.05) is 11.2 Å². The Morgan fingerprint density at radius 1 is 1.05 bits per heavy atom. The van der Waals surface area contributed by atoms with Crippen LogP contribution in [-0.4, -0.2) is 69.4 Å². The van der Waals surface area contributed by atoms with E-state index in [0.717, 1.165) is 12.1 Å². The number of alkyl halides is 6. The smallest absolute Gasteiger partial charge is 0.447 e. The van der Waals surface area contributed by atoms with Gasteiger partial charge in [0.25, 0.3) is 5.91 Å². The van der Waals surface area contributed by atoms with E-state index in [0.29, 0.717) is 11.8 Å². The van der Waals surface area contributed by atoms with Gasteiger partial charge in [0, 0.05) is 30.5 Å². The largest absolute Gasteiger partial charge is 0.522 e. The number of piperidine rings is 1. The van der Waals surface area contributed by atoms with Crippen molar-refractivity contribution in [2.75, 3.05) is 19.8 Å². The topological polar surface area (TPSA) is 121 Å². The first-order valence-electron chi connectivity index (χ1n) is 13.1. The molecule has 3 aromatic rings. The monoisotopic (exact) mass is 621 g/mol. The second-order valence-corrected chi connectivity index (χ2v) is 10.8. The van der Waals surface area contributed by atoms with Crippen LogP contribution in [0.15, 0.2) is 28.7 Å². The molecule has 1 N–H and O–H groups in total. The molecular weight excluding hydrogens is 592 g/mol. The Morgan fingerprint density at radius 2 is 1.77 bits per heavy atom. The first-order chi connectivity index (χ1) is 19.9. The van der Waals surface area contributed by atoms with E-state index in [1.54, 1.807) is 20.8 Å². The van der Waals surface area contributed by atoms with Gasteiger partial charge in [-0.15, -0.1) is 18.3 Å². The summed E-state index contributed by atoms with van der Waals surface area (Å²) in [7, 11) is 1.48. The maximum Gasteiger partial charge on any atom is 0.522 e. The molecule has 17 heteroatoms. The van der Waals surface area contributed by atoms with E-state index < -0.39 is 67.1 Å². The molecule has 1 aliphatic heterocycles. The number of benzene rings is 1. The van der Waals surface area contributed by atoms with Gasteiger partial charge in [-0.25, -0.2) is 4.79 Å². The number of hydrogen-bond acceptors (Lipinski definition) is 8. The van der Waals surface area contributed by atoms with E-state index in [1.165, 1.54) is 28.6 Å². The van der Waals surface area contributed by atoms with Crippen molar-refractivity contribution in [1.29, 1.82) is 0 Å².